The van der Waals surface area contributed by atoms with Gasteiger partial charge in [-0.2, -0.15) is 0 Å². The van der Waals surface area contributed by atoms with Crippen molar-refractivity contribution in [2.24, 2.45) is 0 Å². The number of nitrogens with zero attached hydrogens (tertiary/aromatic N) is 3. The molecule has 2 aromatic rings. The maximum Gasteiger partial charge on any atom is 0.261 e. The topological polar surface area (TPSA) is 70.2 Å². The number of carbonyl (C=O) groups excluding carboxylic acids is 3. The minimum absolute atomic E-state index is 0.0934. The van der Waals surface area contributed by atoms with E-state index in [2.05, 4.69) is 17.0 Å². The molecule has 1 saturated heterocycles. The average molecular weight is 436 g/mol. The molecule has 0 aromatic heterocycles. The molecule has 2 heterocycles. The van der Waals surface area contributed by atoms with Crippen molar-refractivity contribution >= 4 is 17.7 Å². The molecule has 168 valence electrons. The number of piperazine rings is 1. The summed E-state index contributed by atoms with van der Waals surface area (Å²) in [6.45, 7) is 6.09. The van der Waals surface area contributed by atoms with Crippen LogP contribution in [0.15, 0.2) is 42.5 Å². The van der Waals surface area contributed by atoms with Gasteiger partial charge in [0.25, 0.3) is 17.7 Å². The highest BCUT2D eigenvalue weighted by Crippen LogP contribution is 2.25. The molecule has 1 fully saturated rings. The first kappa shape index (κ1) is 22.0. The van der Waals surface area contributed by atoms with E-state index in [1.54, 1.807) is 25.3 Å². The van der Waals surface area contributed by atoms with Gasteiger partial charge in [-0.25, -0.2) is 0 Å². The van der Waals surface area contributed by atoms with E-state index in [9.17, 15) is 14.4 Å². The third kappa shape index (κ3) is 4.39. The van der Waals surface area contributed by atoms with Crippen LogP contribution in [0.2, 0.25) is 0 Å². The lowest BCUT2D eigenvalue weighted by Crippen LogP contribution is -2.48. The second-order valence-corrected chi connectivity index (χ2v) is 8.29. The van der Waals surface area contributed by atoms with Crippen LogP contribution < -0.4 is 4.74 Å². The summed E-state index contributed by atoms with van der Waals surface area (Å²) in [4.78, 5) is 43.7. The number of amides is 3. The van der Waals surface area contributed by atoms with Crippen LogP contribution in [-0.2, 0) is 6.54 Å². The monoisotopic (exact) mass is 435 g/mol. The number of rotatable bonds is 7. The number of methoxy groups -OCH3 is 1. The highest BCUT2D eigenvalue weighted by molar-refractivity contribution is 6.22. The van der Waals surface area contributed by atoms with Crippen molar-refractivity contribution in [2.45, 2.75) is 26.3 Å². The summed E-state index contributed by atoms with van der Waals surface area (Å²) in [7, 11) is 1.66. The van der Waals surface area contributed by atoms with Gasteiger partial charge >= 0.3 is 0 Å². The van der Waals surface area contributed by atoms with Gasteiger partial charge in [0.05, 0.1) is 18.2 Å². The van der Waals surface area contributed by atoms with Crippen LogP contribution in [0, 0.1) is 0 Å². The van der Waals surface area contributed by atoms with Crippen LogP contribution in [0.5, 0.6) is 5.75 Å². The standard InChI is InChI=1S/C25H29N3O4/c1-3-4-11-28-24(30)21-10-7-19(16-22(21)25(28)31)23(29)27-14-12-26(13-15-27)17-18-5-8-20(32-2)9-6-18/h5-10,16H,3-4,11-15,17H2,1-2H3. The number of carbonyl (C=O) groups is 3. The van der Waals surface area contributed by atoms with E-state index in [0.29, 0.717) is 36.3 Å². The molecule has 0 aliphatic carbocycles. The largest absolute Gasteiger partial charge is 0.497 e. The Morgan fingerprint density at radius 2 is 1.62 bits per heavy atom. The third-order valence-corrected chi connectivity index (χ3v) is 6.18. The summed E-state index contributed by atoms with van der Waals surface area (Å²) < 4.78 is 5.20. The molecule has 2 aliphatic rings. The van der Waals surface area contributed by atoms with Gasteiger partial charge in [-0.3, -0.25) is 24.2 Å². The summed E-state index contributed by atoms with van der Waals surface area (Å²) in [5, 5.41) is 0. The van der Waals surface area contributed by atoms with Gasteiger partial charge in [0, 0.05) is 44.8 Å². The van der Waals surface area contributed by atoms with Crippen LogP contribution in [0.4, 0.5) is 0 Å². The van der Waals surface area contributed by atoms with Gasteiger partial charge in [0.1, 0.15) is 5.75 Å². The van der Waals surface area contributed by atoms with Gasteiger partial charge in [0.2, 0.25) is 0 Å². The lowest BCUT2D eigenvalue weighted by Gasteiger charge is -2.34. The molecule has 0 spiro atoms. The minimum atomic E-state index is -0.294. The molecule has 2 aromatic carbocycles. The van der Waals surface area contributed by atoms with Crippen LogP contribution in [0.3, 0.4) is 0 Å². The smallest absolute Gasteiger partial charge is 0.261 e. The molecule has 32 heavy (non-hydrogen) atoms. The Labute approximate surface area is 188 Å². The molecule has 0 bridgehead atoms. The number of benzene rings is 2. The zero-order valence-corrected chi connectivity index (χ0v) is 18.7. The highest BCUT2D eigenvalue weighted by atomic mass is 16.5. The number of fused-ring (bicyclic) bond motifs is 1. The molecule has 0 N–H and O–H groups in total. The molecule has 4 rings (SSSR count). The first-order valence-corrected chi connectivity index (χ1v) is 11.2. The fourth-order valence-electron chi connectivity index (χ4n) is 4.22. The maximum atomic E-state index is 13.1. The number of unbranched alkanes of at least 4 members (excludes halogenated alkanes) is 1. The third-order valence-electron chi connectivity index (χ3n) is 6.18. The predicted octanol–water partition coefficient (Wildman–Crippen LogP) is 3.05. The van der Waals surface area contributed by atoms with Crippen molar-refractivity contribution < 1.29 is 19.1 Å². The second kappa shape index (κ2) is 9.53. The van der Waals surface area contributed by atoms with Crippen molar-refractivity contribution in [3.8, 4) is 5.75 Å². The summed E-state index contributed by atoms with van der Waals surface area (Å²) in [5.41, 5.74) is 2.41. The zero-order valence-electron chi connectivity index (χ0n) is 18.7. The van der Waals surface area contributed by atoms with Gasteiger partial charge in [-0.15, -0.1) is 0 Å². The summed E-state index contributed by atoms with van der Waals surface area (Å²) >= 11 is 0. The van der Waals surface area contributed by atoms with Crippen molar-refractivity contribution in [3.63, 3.8) is 0 Å². The van der Waals surface area contributed by atoms with E-state index >= 15 is 0 Å². The molecule has 0 radical (unpaired) electrons. The zero-order chi connectivity index (χ0) is 22.7. The van der Waals surface area contributed by atoms with Gasteiger partial charge < -0.3 is 9.64 Å². The minimum Gasteiger partial charge on any atom is -0.497 e. The fraction of sp³-hybridized carbons (Fsp3) is 0.400. The average Bonchev–Trinajstić information content (AvgIpc) is 3.07. The van der Waals surface area contributed by atoms with E-state index < -0.39 is 0 Å². The van der Waals surface area contributed by atoms with E-state index in [1.165, 1.54) is 10.5 Å². The Morgan fingerprint density at radius 3 is 2.28 bits per heavy atom. The molecule has 7 heteroatoms. The molecule has 7 nitrogen and oxygen atoms in total. The second-order valence-electron chi connectivity index (χ2n) is 8.29. The molecule has 2 aliphatic heterocycles. The lowest BCUT2D eigenvalue weighted by atomic mass is 10.0. The van der Waals surface area contributed by atoms with Crippen LogP contribution in [-0.4, -0.2) is 72.3 Å². The molecule has 3 amide bonds. The van der Waals surface area contributed by atoms with Crippen molar-refractivity contribution in [1.82, 2.24) is 14.7 Å². The number of hydrogen-bond donors (Lipinski definition) is 0. The summed E-state index contributed by atoms with van der Waals surface area (Å²) in [6.07, 6.45) is 1.68. The molecule has 0 saturated carbocycles. The number of ether oxygens (including phenoxy) is 1. The predicted molar refractivity (Wildman–Crippen MR) is 121 cm³/mol. The maximum absolute atomic E-state index is 13.1. The van der Waals surface area contributed by atoms with Crippen molar-refractivity contribution in [1.29, 1.82) is 0 Å². The Kier molecular flexibility index (Phi) is 6.55. The van der Waals surface area contributed by atoms with E-state index in [1.807, 2.05) is 24.0 Å². The van der Waals surface area contributed by atoms with Crippen LogP contribution >= 0.6 is 0 Å². The number of hydrogen-bond acceptors (Lipinski definition) is 5. The Balaban J connectivity index is 1.37. The molecular formula is C25H29N3O4. The van der Waals surface area contributed by atoms with E-state index in [0.717, 1.165) is 38.2 Å². The van der Waals surface area contributed by atoms with E-state index in [4.69, 9.17) is 4.74 Å². The summed E-state index contributed by atoms with van der Waals surface area (Å²) in [6, 6.07) is 12.9. The number of imide groups is 1. The lowest BCUT2D eigenvalue weighted by molar-refractivity contribution is 0.0626. The molecule has 0 atom stereocenters. The quantitative estimate of drug-likeness (QED) is 0.626. The van der Waals surface area contributed by atoms with Crippen molar-refractivity contribution in [2.75, 3.05) is 39.8 Å². The molecular weight excluding hydrogens is 406 g/mol. The van der Waals surface area contributed by atoms with Gasteiger partial charge in [-0.05, 0) is 42.3 Å². The van der Waals surface area contributed by atoms with Crippen LogP contribution in [0.1, 0.15) is 56.4 Å². The van der Waals surface area contributed by atoms with E-state index in [-0.39, 0.29) is 17.7 Å². The van der Waals surface area contributed by atoms with Gasteiger partial charge in [0.15, 0.2) is 0 Å². The normalized spacial score (nSPS) is 16.4. The Bertz CT molecular complexity index is 1010. The highest BCUT2D eigenvalue weighted by Gasteiger charge is 2.36. The van der Waals surface area contributed by atoms with Gasteiger partial charge in [-0.1, -0.05) is 25.5 Å². The first-order valence-electron chi connectivity index (χ1n) is 11.2. The Hall–Kier alpha value is -3.19. The van der Waals surface area contributed by atoms with Crippen LogP contribution in [0.25, 0.3) is 0 Å². The first-order chi connectivity index (χ1) is 15.5. The fourth-order valence-corrected chi connectivity index (χ4v) is 4.22. The SMILES string of the molecule is CCCCN1C(=O)c2ccc(C(=O)N3CCN(Cc4ccc(OC)cc4)CC3)cc2C1=O. The van der Waals surface area contributed by atoms with Crippen molar-refractivity contribution in [3.05, 3.63) is 64.7 Å². The summed E-state index contributed by atoms with van der Waals surface area (Å²) in [5.74, 6) is 0.193. The molecule has 0 unspecified atom stereocenters. The Morgan fingerprint density at radius 1 is 0.938 bits per heavy atom.